The van der Waals surface area contributed by atoms with E-state index in [2.05, 4.69) is 10.3 Å². The van der Waals surface area contributed by atoms with Crippen LogP contribution in [-0.4, -0.2) is 18.0 Å². The summed E-state index contributed by atoms with van der Waals surface area (Å²) in [6.07, 6.45) is 2.30. The molecular weight excluding hydrogens is 340 g/mol. The third-order valence-electron chi connectivity index (χ3n) is 4.14. The van der Waals surface area contributed by atoms with Crippen LogP contribution in [0, 0.1) is 5.92 Å². The van der Waals surface area contributed by atoms with E-state index in [1.165, 1.54) is 0 Å². The topological polar surface area (TPSA) is 60.5 Å². The number of nitrogens with zero attached hydrogens (tertiary/aromatic N) is 1. The van der Waals surface area contributed by atoms with Gasteiger partial charge in [-0.3, -0.25) is 4.79 Å². The van der Waals surface area contributed by atoms with Crippen molar-refractivity contribution in [2.45, 2.75) is 13.3 Å². The number of amides is 1. The second-order valence-corrected chi connectivity index (χ2v) is 6.21. The van der Waals surface area contributed by atoms with Gasteiger partial charge in [-0.25, -0.2) is 4.98 Å². The van der Waals surface area contributed by atoms with Crippen LogP contribution in [0.25, 0.3) is 0 Å². The van der Waals surface area contributed by atoms with Crippen LogP contribution in [0.1, 0.15) is 12.5 Å². The Bertz CT molecular complexity index is 880. The summed E-state index contributed by atoms with van der Waals surface area (Å²) < 4.78 is 11.0. The van der Waals surface area contributed by atoms with E-state index in [9.17, 15) is 4.79 Å². The van der Waals surface area contributed by atoms with Gasteiger partial charge in [-0.2, -0.15) is 0 Å². The molecule has 1 N–H and O–H groups in total. The average molecular weight is 362 g/mol. The first kappa shape index (κ1) is 18.5. The van der Waals surface area contributed by atoms with Crippen LogP contribution in [0.2, 0.25) is 0 Å². The van der Waals surface area contributed by atoms with E-state index in [4.69, 9.17) is 9.47 Å². The first-order valence-corrected chi connectivity index (χ1v) is 8.77. The van der Waals surface area contributed by atoms with Gasteiger partial charge >= 0.3 is 0 Å². The zero-order valence-corrected chi connectivity index (χ0v) is 15.4. The summed E-state index contributed by atoms with van der Waals surface area (Å²) in [5.74, 6) is 1.45. The molecule has 5 nitrogen and oxygen atoms in total. The maximum atomic E-state index is 12.6. The maximum Gasteiger partial charge on any atom is 0.243 e. The lowest BCUT2D eigenvalue weighted by Gasteiger charge is -2.15. The fourth-order valence-electron chi connectivity index (χ4n) is 2.64. The lowest BCUT2D eigenvalue weighted by atomic mass is 10.0. The highest BCUT2D eigenvalue weighted by atomic mass is 16.5. The highest BCUT2D eigenvalue weighted by Crippen LogP contribution is 2.28. The van der Waals surface area contributed by atoms with E-state index >= 15 is 0 Å². The van der Waals surface area contributed by atoms with Crippen LogP contribution in [0.4, 0.5) is 5.69 Å². The zero-order valence-electron chi connectivity index (χ0n) is 15.4. The van der Waals surface area contributed by atoms with Gasteiger partial charge in [0.25, 0.3) is 0 Å². The van der Waals surface area contributed by atoms with Crippen molar-refractivity contribution < 1.29 is 14.3 Å². The van der Waals surface area contributed by atoms with Gasteiger partial charge in [-0.1, -0.05) is 37.3 Å². The Kier molecular flexibility index (Phi) is 6.05. The molecule has 2 aromatic carbocycles. The Balaban J connectivity index is 1.68. The molecule has 0 aliphatic heterocycles. The smallest absolute Gasteiger partial charge is 0.243 e. The number of ether oxygens (including phenoxy) is 2. The maximum absolute atomic E-state index is 12.6. The van der Waals surface area contributed by atoms with Crippen molar-refractivity contribution in [2.75, 3.05) is 12.4 Å². The summed E-state index contributed by atoms with van der Waals surface area (Å²) in [7, 11) is 1.61. The minimum atomic E-state index is -0.179. The van der Waals surface area contributed by atoms with Crippen molar-refractivity contribution in [3.63, 3.8) is 0 Å². The Morgan fingerprint density at radius 3 is 2.41 bits per heavy atom. The van der Waals surface area contributed by atoms with Crippen molar-refractivity contribution in [1.29, 1.82) is 0 Å². The van der Waals surface area contributed by atoms with Gasteiger partial charge < -0.3 is 14.8 Å². The average Bonchev–Trinajstić information content (AvgIpc) is 2.70. The van der Waals surface area contributed by atoms with Gasteiger partial charge in [0.15, 0.2) is 0 Å². The van der Waals surface area contributed by atoms with Gasteiger partial charge in [0, 0.05) is 12.1 Å². The molecule has 0 saturated heterocycles. The Labute approximate surface area is 159 Å². The highest BCUT2D eigenvalue weighted by molar-refractivity contribution is 5.93. The van der Waals surface area contributed by atoms with E-state index in [1.807, 2.05) is 37.3 Å². The first-order chi connectivity index (χ1) is 13.2. The number of aromatic nitrogens is 1. The number of hydrogen-bond acceptors (Lipinski definition) is 4. The van der Waals surface area contributed by atoms with Crippen molar-refractivity contribution >= 4 is 11.6 Å². The molecule has 0 aliphatic carbocycles. The highest BCUT2D eigenvalue weighted by Gasteiger charge is 2.16. The summed E-state index contributed by atoms with van der Waals surface area (Å²) in [6, 6.07) is 20.7. The summed E-state index contributed by atoms with van der Waals surface area (Å²) in [6.45, 7) is 1.91. The monoisotopic (exact) mass is 362 g/mol. The molecule has 0 aliphatic rings. The zero-order chi connectivity index (χ0) is 19.1. The number of carbonyl (C=O) groups excluding carboxylic acids is 1. The molecule has 3 rings (SSSR count). The van der Waals surface area contributed by atoms with Gasteiger partial charge in [0.1, 0.15) is 17.2 Å². The number of benzene rings is 2. The van der Waals surface area contributed by atoms with Crippen LogP contribution < -0.4 is 14.8 Å². The lowest BCUT2D eigenvalue weighted by Crippen LogP contribution is -2.22. The summed E-state index contributed by atoms with van der Waals surface area (Å²) in [4.78, 5) is 16.8. The van der Waals surface area contributed by atoms with E-state index in [-0.39, 0.29) is 11.8 Å². The third kappa shape index (κ3) is 5.07. The Morgan fingerprint density at radius 2 is 1.70 bits per heavy atom. The number of hydrogen-bond donors (Lipinski definition) is 1. The van der Waals surface area contributed by atoms with Crippen LogP contribution in [0.15, 0.2) is 72.9 Å². The van der Waals surface area contributed by atoms with Crippen molar-refractivity contribution in [1.82, 2.24) is 4.98 Å². The van der Waals surface area contributed by atoms with E-state index < -0.39 is 0 Å². The van der Waals surface area contributed by atoms with Gasteiger partial charge in [-0.15, -0.1) is 0 Å². The molecule has 1 unspecified atom stereocenters. The number of methoxy groups -OCH3 is 1. The van der Waals surface area contributed by atoms with Crippen LogP contribution in [-0.2, 0) is 11.2 Å². The number of carbonyl (C=O) groups is 1. The number of anilines is 1. The van der Waals surface area contributed by atoms with Crippen molar-refractivity contribution in [3.05, 3.63) is 78.5 Å². The van der Waals surface area contributed by atoms with E-state index in [0.29, 0.717) is 23.7 Å². The third-order valence-corrected chi connectivity index (χ3v) is 4.14. The lowest BCUT2D eigenvalue weighted by molar-refractivity contribution is -0.119. The molecule has 1 aromatic heterocycles. The predicted octanol–water partition coefficient (Wildman–Crippen LogP) is 4.70. The predicted molar refractivity (Wildman–Crippen MR) is 105 cm³/mol. The SMILES string of the molecule is COc1ccc(Oc2ncccc2NC(=O)C(C)Cc2ccccc2)cc1. The molecule has 5 heteroatoms. The van der Waals surface area contributed by atoms with Crippen molar-refractivity contribution in [3.8, 4) is 17.4 Å². The minimum Gasteiger partial charge on any atom is -0.497 e. The second-order valence-electron chi connectivity index (χ2n) is 6.21. The van der Waals surface area contributed by atoms with Gasteiger partial charge in [-0.05, 0) is 48.4 Å². The van der Waals surface area contributed by atoms with Gasteiger partial charge in [0.05, 0.1) is 7.11 Å². The second kappa shape index (κ2) is 8.85. The van der Waals surface area contributed by atoms with Gasteiger partial charge in [0.2, 0.25) is 11.8 Å². The standard InChI is InChI=1S/C22H22N2O3/c1-16(15-17-7-4-3-5-8-17)21(25)24-20-9-6-14-23-22(20)27-19-12-10-18(26-2)11-13-19/h3-14,16H,15H2,1-2H3,(H,24,25). The molecule has 1 amide bonds. The molecule has 1 atom stereocenters. The molecule has 3 aromatic rings. The fourth-order valence-corrected chi connectivity index (χ4v) is 2.64. The van der Waals surface area contributed by atoms with E-state index in [0.717, 1.165) is 11.3 Å². The Morgan fingerprint density at radius 1 is 1.00 bits per heavy atom. The summed E-state index contributed by atoms with van der Waals surface area (Å²) in [5, 5.41) is 2.92. The molecule has 0 saturated carbocycles. The molecule has 0 bridgehead atoms. The number of rotatable bonds is 7. The van der Waals surface area contributed by atoms with Crippen LogP contribution >= 0.6 is 0 Å². The van der Waals surface area contributed by atoms with Crippen molar-refractivity contribution in [2.24, 2.45) is 5.92 Å². The molecule has 1 heterocycles. The minimum absolute atomic E-state index is 0.0774. The molecular formula is C22H22N2O3. The number of pyridine rings is 1. The number of nitrogens with one attached hydrogen (secondary N) is 1. The quantitative estimate of drug-likeness (QED) is 0.662. The summed E-state index contributed by atoms with van der Waals surface area (Å²) >= 11 is 0. The molecule has 0 spiro atoms. The molecule has 0 radical (unpaired) electrons. The molecule has 0 fully saturated rings. The molecule has 27 heavy (non-hydrogen) atoms. The largest absolute Gasteiger partial charge is 0.497 e. The first-order valence-electron chi connectivity index (χ1n) is 8.77. The molecule has 138 valence electrons. The van der Waals surface area contributed by atoms with E-state index in [1.54, 1.807) is 49.7 Å². The Hall–Kier alpha value is -3.34. The summed E-state index contributed by atoms with van der Waals surface area (Å²) in [5.41, 5.74) is 1.67. The fraction of sp³-hybridized carbons (Fsp3) is 0.182. The van der Waals surface area contributed by atoms with Crippen LogP contribution in [0.5, 0.6) is 17.4 Å². The van der Waals surface area contributed by atoms with Crippen LogP contribution in [0.3, 0.4) is 0 Å². The normalized spacial score (nSPS) is 11.5.